The van der Waals surface area contributed by atoms with Gasteiger partial charge in [-0.15, -0.1) is 0 Å². The van der Waals surface area contributed by atoms with Crippen molar-refractivity contribution in [3.8, 4) is 0 Å². The molecule has 1 saturated heterocycles. The maximum absolute atomic E-state index is 13.6. The van der Waals surface area contributed by atoms with Crippen molar-refractivity contribution in [3.63, 3.8) is 0 Å². The van der Waals surface area contributed by atoms with Crippen LogP contribution in [0.2, 0.25) is 0 Å². The Balaban J connectivity index is 2.33. The third kappa shape index (κ3) is 3.45. The molecule has 0 unspecified atom stereocenters. The van der Waals surface area contributed by atoms with Crippen molar-refractivity contribution in [2.24, 2.45) is 0 Å². The largest absolute Gasteiger partial charge is 0.392 e. The number of nitrogens with zero attached hydrogens (tertiary/aromatic N) is 1. The summed E-state index contributed by atoms with van der Waals surface area (Å²) in [5, 5.41) is 9.18. The predicted molar refractivity (Wildman–Crippen MR) is 73.8 cm³/mol. The highest BCUT2D eigenvalue weighted by atomic mass is 19.1. The van der Waals surface area contributed by atoms with Gasteiger partial charge in [0.25, 0.3) is 0 Å². The molecular weight excluding hydrogens is 245 g/mol. The summed E-state index contributed by atoms with van der Waals surface area (Å²) < 4.78 is 19.6. The first-order valence-corrected chi connectivity index (χ1v) is 6.56. The average molecular weight is 267 g/mol. The fourth-order valence-electron chi connectivity index (χ4n) is 2.88. The van der Waals surface area contributed by atoms with Crippen molar-refractivity contribution < 1.29 is 14.2 Å². The summed E-state index contributed by atoms with van der Waals surface area (Å²) >= 11 is 0. The topological polar surface area (TPSA) is 32.7 Å². The minimum absolute atomic E-state index is 0.151. The Morgan fingerprint density at radius 3 is 2.26 bits per heavy atom. The molecule has 1 aliphatic heterocycles. The molecule has 0 atom stereocenters. The molecule has 0 saturated carbocycles. The van der Waals surface area contributed by atoms with Gasteiger partial charge in [0.1, 0.15) is 5.82 Å². The van der Waals surface area contributed by atoms with Gasteiger partial charge in [-0.05, 0) is 51.5 Å². The number of morpholine rings is 1. The second kappa shape index (κ2) is 4.76. The molecule has 0 radical (unpaired) electrons. The Hall–Kier alpha value is -1.13. The average Bonchev–Trinajstić information content (AvgIpc) is 2.24. The summed E-state index contributed by atoms with van der Waals surface area (Å²) in [6, 6.07) is 4.71. The zero-order chi connectivity index (χ0) is 14.3. The van der Waals surface area contributed by atoms with Gasteiger partial charge in [-0.25, -0.2) is 4.39 Å². The van der Waals surface area contributed by atoms with E-state index in [1.807, 2.05) is 33.8 Å². The van der Waals surface area contributed by atoms with Gasteiger partial charge in [-0.2, -0.15) is 0 Å². The Labute approximate surface area is 114 Å². The lowest BCUT2D eigenvalue weighted by atomic mass is 9.98. The van der Waals surface area contributed by atoms with E-state index in [2.05, 4.69) is 4.90 Å². The first-order valence-electron chi connectivity index (χ1n) is 6.56. The smallest absolute Gasteiger partial charge is 0.125 e. The van der Waals surface area contributed by atoms with E-state index in [-0.39, 0.29) is 23.6 Å². The zero-order valence-electron chi connectivity index (χ0n) is 12.0. The van der Waals surface area contributed by atoms with Crippen LogP contribution in [0.4, 0.5) is 10.1 Å². The van der Waals surface area contributed by atoms with Crippen LogP contribution in [0.5, 0.6) is 0 Å². The van der Waals surface area contributed by atoms with Gasteiger partial charge < -0.3 is 14.7 Å². The Morgan fingerprint density at radius 1 is 1.16 bits per heavy atom. The molecule has 2 rings (SSSR count). The van der Waals surface area contributed by atoms with E-state index in [0.717, 1.165) is 5.69 Å². The Kier molecular flexibility index (Phi) is 3.58. The zero-order valence-corrected chi connectivity index (χ0v) is 12.0. The number of hydrogen-bond donors (Lipinski definition) is 1. The molecule has 1 N–H and O–H groups in total. The highest BCUT2D eigenvalue weighted by molar-refractivity contribution is 5.50. The van der Waals surface area contributed by atoms with E-state index < -0.39 is 0 Å². The third-order valence-electron chi connectivity index (χ3n) is 3.19. The Morgan fingerprint density at radius 2 is 1.74 bits per heavy atom. The van der Waals surface area contributed by atoms with Gasteiger partial charge in [-0.1, -0.05) is 0 Å². The lowest BCUT2D eigenvalue weighted by Crippen LogP contribution is -2.57. The number of aliphatic hydroxyl groups excluding tert-OH is 1. The van der Waals surface area contributed by atoms with Gasteiger partial charge in [0.05, 0.1) is 17.8 Å². The van der Waals surface area contributed by atoms with Gasteiger partial charge in [-0.3, -0.25) is 0 Å². The Bertz CT molecular complexity index is 455. The van der Waals surface area contributed by atoms with E-state index in [9.17, 15) is 9.50 Å². The SMILES string of the molecule is CC1(C)CN(c2cc(F)cc(CO)c2)CC(C)(C)O1. The number of benzene rings is 1. The van der Waals surface area contributed by atoms with Crippen LogP contribution >= 0.6 is 0 Å². The van der Waals surface area contributed by atoms with E-state index in [0.29, 0.717) is 18.7 Å². The van der Waals surface area contributed by atoms with Gasteiger partial charge in [0.2, 0.25) is 0 Å². The van der Waals surface area contributed by atoms with Crippen molar-refractivity contribution in [1.82, 2.24) is 0 Å². The molecule has 4 heteroatoms. The van der Waals surface area contributed by atoms with Crippen LogP contribution in [0, 0.1) is 5.82 Å². The molecule has 0 bridgehead atoms. The molecule has 19 heavy (non-hydrogen) atoms. The van der Waals surface area contributed by atoms with Crippen LogP contribution < -0.4 is 4.90 Å². The van der Waals surface area contributed by atoms with Crippen LogP contribution in [0.15, 0.2) is 18.2 Å². The highest BCUT2D eigenvalue weighted by Gasteiger charge is 2.38. The van der Waals surface area contributed by atoms with E-state index in [1.54, 1.807) is 0 Å². The molecule has 0 amide bonds. The molecule has 1 aromatic rings. The molecule has 1 aliphatic rings. The monoisotopic (exact) mass is 267 g/mol. The highest BCUT2D eigenvalue weighted by Crippen LogP contribution is 2.32. The van der Waals surface area contributed by atoms with Gasteiger partial charge in [0.15, 0.2) is 0 Å². The number of aliphatic hydroxyl groups is 1. The summed E-state index contributed by atoms with van der Waals surface area (Å²) in [4.78, 5) is 2.12. The van der Waals surface area contributed by atoms with Gasteiger partial charge >= 0.3 is 0 Å². The summed E-state index contributed by atoms with van der Waals surface area (Å²) in [6.45, 7) is 9.39. The van der Waals surface area contributed by atoms with E-state index >= 15 is 0 Å². The molecule has 0 aromatic heterocycles. The second-order valence-corrected chi connectivity index (χ2v) is 6.45. The van der Waals surface area contributed by atoms with Crippen LogP contribution in [0.1, 0.15) is 33.3 Å². The van der Waals surface area contributed by atoms with Crippen molar-refractivity contribution in [2.45, 2.75) is 45.5 Å². The molecule has 3 nitrogen and oxygen atoms in total. The fraction of sp³-hybridized carbons (Fsp3) is 0.600. The second-order valence-electron chi connectivity index (χ2n) is 6.45. The molecule has 1 fully saturated rings. The number of rotatable bonds is 2. The summed E-state index contributed by atoms with van der Waals surface area (Å²) in [5.41, 5.74) is 0.826. The first-order chi connectivity index (χ1) is 8.71. The standard InChI is InChI=1S/C15H22FNO2/c1-14(2)9-17(10-15(3,4)19-14)13-6-11(8-18)5-12(16)7-13/h5-7,18H,8-10H2,1-4H3. The molecule has 106 valence electrons. The first kappa shape index (κ1) is 14.3. The summed E-state index contributed by atoms with van der Waals surface area (Å²) in [7, 11) is 0. The van der Waals surface area contributed by atoms with Gasteiger partial charge in [0, 0.05) is 18.8 Å². The maximum Gasteiger partial charge on any atom is 0.125 e. The maximum atomic E-state index is 13.6. The summed E-state index contributed by atoms with van der Waals surface area (Å²) in [5.74, 6) is -0.316. The minimum atomic E-state index is -0.316. The fourth-order valence-corrected chi connectivity index (χ4v) is 2.88. The lowest BCUT2D eigenvalue weighted by molar-refractivity contribution is -0.133. The van der Waals surface area contributed by atoms with E-state index in [4.69, 9.17) is 4.74 Å². The van der Waals surface area contributed by atoms with Crippen LogP contribution in [0.3, 0.4) is 0 Å². The third-order valence-corrected chi connectivity index (χ3v) is 3.19. The number of anilines is 1. The molecule has 0 spiro atoms. The quantitative estimate of drug-likeness (QED) is 0.894. The molecule has 1 aromatic carbocycles. The van der Waals surface area contributed by atoms with Crippen LogP contribution in [0.25, 0.3) is 0 Å². The normalized spacial score (nSPS) is 21.5. The van der Waals surface area contributed by atoms with Crippen molar-refractivity contribution in [2.75, 3.05) is 18.0 Å². The van der Waals surface area contributed by atoms with Crippen LogP contribution in [-0.4, -0.2) is 29.4 Å². The predicted octanol–water partition coefficient (Wildman–Crippen LogP) is 2.71. The molecular formula is C15H22FNO2. The van der Waals surface area contributed by atoms with Crippen molar-refractivity contribution in [1.29, 1.82) is 0 Å². The lowest BCUT2D eigenvalue weighted by Gasteiger charge is -2.48. The number of ether oxygens (including phenoxy) is 1. The molecule has 0 aliphatic carbocycles. The minimum Gasteiger partial charge on any atom is -0.392 e. The van der Waals surface area contributed by atoms with Crippen molar-refractivity contribution >= 4 is 5.69 Å². The number of hydrogen-bond acceptors (Lipinski definition) is 3. The van der Waals surface area contributed by atoms with E-state index in [1.165, 1.54) is 12.1 Å². The number of halogens is 1. The molecule has 1 heterocycles. The summed E-state index contributed by atoms with van der Waals surface area (Å²) in [6.07, 6.45) is 0. The van der Waals surface area contributed by atoms with Crippen LogP contribution in [-0.2, 0) is 11.3 Å². The van der Waals surface area contributed by atoms with Crippen molar-refractivity contribution in [3.05, 3.63) is 29.6 Å².